The van der Waals surface area contributed by atoms with Gasteiger partial charge >= 0.3 is 0 Å². The number of aromatic nitrogens is 3. The fraction of sp³-hybridized carbons (Fsp3) is 0.0625. The van der Waals surface area contributed by atoms with Crippen molar-refractivity contribution in [3.05, 3.63) is 76.0 Å². The van der Waals surface area contributed by atoms with Crippen molar-refractivity contribution in [1.82, 2.24) is 20.3 Å². The van der Waals surface area contributed by atoms with Gasteiger partial charge in [-0.2, -0.15) is 0 Å². The van der Waals surface area contributed by atoms with E-state index in [1.165, 1.54) is 0 Å². The summed E-state index contributed by atoms with van der Waals surface area (Å²) in [5.74, 6) is -0.162. The molecule has 5 nitrogen and oxygen atoms in total. The summed E-state index contributed by atoms with van der Waals surface area (Å²) in [7, 11) is 0. The van der Waals surface area contributed by atoms with Crippen LogP contribution < -0.4 is 5.32 Å². The number of hydrogen-bond acceptors (Lipinski definition) is 3. The van der Waals surface area contributed by atoms with Gasteiger partial charge in [0.15, 0.2) is 0 Å². The van der Waals surface area contributed by atoms with Gasteiger partial charge in [-0.15, -0.1) is 5.10 Å². The Labute approximate surface area is 142 Å². The van der Waals surface area contributed by atoms with E-state index in [9.17, 15) is 4.79 Å². The van der Waals surface area contributed by atoms with Gasteiger partial charge in [-0.1, -0.05) is 46.6 Å². The van der Waals surface area contributed by atoms with Gasteiger partial charge in [0.25, 0.3) is 5.91 Å². The zero-order valence-electron chi connectivity index (χ0n) is 11.9. The zero-order valence-corrected chi connectivity index (χ0v) is 13.4. The Hall–Kier alpha value is -2.37. The monoisotopic (exact) mass is 346 g/mol. The molecule has 0 aliphatic heterocycles. The summed E-state index contributed by atoms with van der Waals surface area (Å²) in [5.41, 5.74) is 1.89. The van der Waals surface area contributed by atoms with Crippen LogP contribution in [0.25, 0.3) is 5.69 Å². The predicted octanol–water partition coefficient (Wildman–Crippen LogP) is 3.50. The first-order valence-electron chi connectivity index (χ1n) is 6.83. The van der Waals surface area contributed by atoms with Crippen molar-refractivity contribution in [2.45, 2.75) is 6.54 Å². The Morgan fingerprint density at radius 1 is 1.13 bits per heavy atom. The molecule has 1 heterocycles. The molecule has 0 fully saturated rings. The molecular weight excluding hydrogens is 335 g/mol. The van der Waals surface area contributed by atoms with Gasteiger partial charge in [0.05, 0.1) is 23.5 Å². The molecule has 0 atom stereocenters. The van der Waals surface area contributed by atoms with Crippen LogP contribution in [-0.4, -0.2) is 20.9 Å². The zero-order chi connectivity index (χ0) is 16.2. The Kier molecular flexibility index (Phi) is 4.60. The van der Waals surface area contributed by atoms with Gasteiger partial charge in [0.1, 0.15) is 5.69 Å². The van der Waals surface area contributed by atoms with E-state index in [1.807, 2.05) is 18.2 Å². The van der Waals surface area contributed by atoms with Crippen LogP contribution in [0.4, 0.5) is 0 Å². The van der Waals surface area contributed by atoms with Crippen LogP contribution in [-0.2, 0) is 6.54 Å². The number of nitrogens with zero attached hydrogens (tertiary/aromatic N) is 3. The summed E-state index contributed by atoms with van der Waals surface area (Å²) in [6, 6.07) is 14.1. The van der Waals surface area contributed by atoms with E-state index in [0.717, 1.165) is 0 Å². The predicted molar refractivity (Wildman–Crippen MR) is 89.0 cm³/mol. The van der Waals surface area contributed by atoms with E-state index in [1.54, 1.807) is 41.2 Å². The van der Waals surface area contributed by atoms with Crippen LogP contribution in [0.2, 0.25) is 10.0 Å². The molecule has 0 unspecified atom stereocenters. The average Bonchev–Trinajstić information content (AvgIpc) is 3.02. The lowest BCUT2D eigenvalue weighted by molar-refractivity contribution is 0.0950. The molecule has 116 valence electrons. The first kappa shape index (κ1) is 15.5. The number of carbonyl (C=O) groups is 1. The van der Waals surface area contributed by atoms with Crippen LogP contribution >= 0.6 is 23.2 Å². The summed E-state index contributed by atoms with van der Waals surface area (Å²) in [6.07, 6.45) is 1.71. The second-order valence-corrected chi connectivity index (χ2v) is 5.64. The fourth-order valence-corrected chi connectivity index (χ4v) is 2.52. The minimum absolute atomic E-state index is 0.162. The van der Waals surface area contributed by atoms with Crippen molar-refractivity contribution in [3.63, 3.8) is 0 Å². The Morgan fingerprint density at radius 2 is 1.91 bits per heavy atom. The third kappa shape index (κ3) is 3.70. The third-order valence-corrected chi connectivity index (χ3v) is 3.70. The quantitative estimate of drug-likeness (QED) is 0.786. The Morgan fingerprint density at radius 3 is 2.65 bits per heavy atom. The smallest absolute Gasteiger partial charge is 0.251 e. The van der Waals surface area contributed by atoms with Crippen LogP contribution in [0.3, 0.4) is 0 Å². The molecule has 7 heteroatoms. The average molecular weight is 347 g/mol. The maximum atomic E-state index is 12.0. The van der Waals surface area contributed by atoms with Crippen LogP contribution in [0.1, 0.15) is 16.1 Å². The molecule has 0 radical (unpaired) electrons. The minimum atomic E-state index is -0.162. The van der Waals surface area contributed by atoms with Crippen LogP contribution in [0.5, 0.6) is 0 Å². The van der Waals surface area contributed by atoms with Crippen molar-refractivity contribution < 1.29 is 4.79 Å². The highest BCUT2D eigenvalue weighted by Crippen LogP contribution is 2.23. The number of carbonyl (C=O) groups excluding carboxylic acids is 1. The number of halogens is 2. The summed E-state index contributed by atoms with van der Waals surface area (Å²) in [4.78, 5) is 12.0. The molecule has 3 rings (SSSR count). The lowest BCUT2D eigenvalue weighted by Gasteiger charge is -2.03. The maximum Gasteiger partial charge on any atom is 0.251 e. The number of rotatable bonds is 4. The highest BCUT2D eigenvalue weighted by molar-refractivity contribution is 6.35. The molecule has 0 saturated heterocycles. The number of hydrogen-bond donors (Lipinski definition) is 1. The molecule has 0 spiro atoms. The minimum Gasteiger partial charge on any atom is -0.346 e. The topological polar surface area (TPSA) is 59.8 Å². The highest BCUT2D eigenvalue weighted by atomic mass is 35.5. The third-order valence-electron chi connectivity index (χ3n) is 3.16. The van der Waals surface area contributed by atoms with E-state index in [4.69, 9.17) is 23.2 Å². The number of amides is 1. The summed E-state index contributed by atoms with van der Waals surface area (Å²) in [6.45, 7) is 0.277. The standard InChI is InChI=1S/C16H12Cl2N4O/c17-12-6-7-15(14(18)8-12)22-10-13(20-21-22)9-19-16(23)11-4-2-1-3-5-11/h1-8,10H,9H2,(H,19,23). The lowest BCUT2D eigenvalue weighted by Crippen LogP contribution is -2.22. The van der Waals surface area contributed by atoms with Gasteiger partial charge < -0.3 is 5.32 Å². The maximum absolute atomic E-state index is 12.0. The molecule has 23 heavy (non-hydrogen) atoms. The van der Waals surface area contributed by atoms with Crippen molar-refractivity contribution in [3.8, 4) is 5.69 Å². The van der Waals surface area contributed by atoms with Crippen LogP contribution in [0.15, 0.2) is 54.7 Å². The number of nitrogens with one attached hydrogen (secondary N) is 1. The first-order valence-corrected chi connectivity index (χ1v) is 7.59. The van der Waals surface area contributed by atoms with E-state index < -0.39 is 0 Å². The summed E-state index contributed by atoms with van der Waals surface area (Å²) < 4.78 is 1.54. The molecular formula is C16H12Cl2N4O. The van der Waals surface area contributed by atoms with Crippen molar-refractivity contribution >= 4 is 29.1 Å². The molecule has 0 bridgehead atoms. The summed E-state index contributed by atoms with van der Waals surface area (Å²) >= 11 is 12.0. The van der Waals surface area contributed by atoms with E-state index in [-0.39, 0.29) is 12.5 Å². The molecule has 0 aliphatic rings. The second kappa shape index (κ2) is 6.81. The van der Waals surface area contributed by atoms with Crippen LogP contribution in [0, 0.1) is 0 Å². The van der Waals surface area contributed by atoms with Gasteiger partial charge in [-0.3, -0.25) is 4.79 Å². The fourth-order valence-electron chi connectivity index (χ4n) is 2.03. The second-order valence-electron chi connectivity index (χ2n) is 4.80. The van der Waals surface area contributed by atoms with Crippen molar-refractivity contribution in [1.29, 1.82) is 0 Å². The number of benzene rings is 2. The molecule has 1 amide bonds. The highest BCUT2D eigenvalue weighted by Gasteiger charge is 2.09. The molecule has 2 aromatic carbocycles. The van der Waals surface area contributed by atoms with Crippen molar-refractivity contribution in [2.24, 2.45) is 0 Å². The van der Waals surface area contributed by atoms with Gasteiger partial charge in [0.2, 0.25) is 0 Å². The molecule has 0 saturated carbocycles. The lowest BCUT2D eigenvalue weighted by atomic mass is 10.2. The van der Waals surface area contributed by atoms with E-state index in [0.29, 0.717) is 27.0 Å². The molecule has 0 aliphatic carbocycles. The Balaban J connectivity index is 1.69. The normalized spacial score (nSPS) is 10.5. The van der Waals surface area contributed by atoms with Gasteiger partial charge in [-0.25, -0.2) is 4.68 Å². The van der Waals surface area contributed by atoms with Gasteiger partial charge in [-0.05, 0) is 30.3 Å². The summed E-state index contributed by atoms with van der Waals surface area (Å²) in [5, 5.41) is 11.9. The van der Waals surface area contributed by atoms with Gasteiger partial charge in [0, 0.05) is 10.6 Å². The molecule has 1 N–H and O–H groups in total. The SMILES string of the molecule is O=C(NCc1cn(-c2ccc(Cl)cc2Cl)nn1)c1ccccc1. The first-order chi connectivity index (χ1) is 11.1. The van der Waals surface area contributed by atoms with Crippen molar-refractivity contribution in [2.75, 3.05) is 0 Å². The van der Waals surface area contributed by atoms with E-state index in [2.05, 4.69) is 15.6 Å². The largest absolute Gasteiger partial charge is 0.346 e. The molecule has 1 aromatic heterocycles. The Bertz CT molecular complexity index is 833. The molecule has 3 aromatic rings. The van der Waals surface area contributed by atoms with E-state index >= 15 is 0 Å².